The number of hydrogen-bond donors (Lipinski definition) is 3. The van der Waals surface area contributed by atoms with Gasteiger partial charge in [0, 0.05) is 31.1 Å². The molecule has 0 saturated carbocycles. The topological polar surface area (TPSA) is 95.7 Å². The molecule has 140 valence electrons. The van der Waals surface area contributed by atoms with Crippen LogP contribution in [0.3, 0.4) is 0 Å². The Kier molecular flexibility index (Phi) is 8.66. The van der Waals surface area contributed by atoms with E-state index in [2.05, 4.69) is 20.3 Å². The van der Waals surface area contributed by atoms with Gasteiger partial charge in [-0.15, -0.1) is 24.0 Å². The summed E-state index contributed by atoms with van der Waals surface area (Å²) in [4.78, 5) is 4.12. The van der Waals surface area contributed by atoms with Gasteiger partial charge in [-0.05, 0) is 19.9 Å². The van der Waals surface area contributed by atoms with Crippen LogP contribution in [0.25, 0.3) is 11.0 Å². The highest BCUT2D eigenvalue weighted by Gasteiger charge is 2.10. The molecule has 0 spiro atoms. The summed E-state index contributed by atoms with van der Waals surface area (Å²) in [5, 5.41) is 7.33. The number of para-hydroxylation sites is 1. The minimum absolute atomic E-state index is 0. The number of nitrogens with one attached hydrogen (secondary N) is 3. The molecule has 9 heteroatoms. The highest BCUT2D eigenvalue weighted by Crippen LogP contribution is 2.24. The fourth-order valence-electron chi connectivity index (χ4n) is 2.27. The van der Waals surface area contributed by atoms with Gasteiger partial charge in [0.15, 0.2) is 5.96 Å². The van der Waals surface area contributed by atoms with Gasteiger partial charge in [0.05, 0.1) is 12.3 Å². The number of sulfonamides is 1. The van der Waals surface area contributed by atoms with Gasteiger partial charge in [-0.2, -0.15) is 0 Å². The number of benzene rings is 1. The van der Waals surface area contributed by atoms with Gasteiger partial charge in [-0.25, -0.2) is 13.1 Å². The Morgan fingerprint density at radius 1 is 1.20 bits per heavy atom. The molecule has 3 N–H and O–H groups in total. The third-order valence-corrected chi connectivity index (χ3v) is 5.11. The molecule has 1 aromatic carbocycles. The second-order valence-corrected chi connectivity index (χ2v) is 7.39. The van der Waals surface area contributed by atoms with Crippen molar-refractivity contribution in [3.63, 3.8) is 0 Å². The monoisotopic (exact) mass is 480 g/mol. The summed E-state index contributed by atoms with van der Waals surface area (Å²) in [6.45, 7) is 4.88. The Labute approximate surface area is 165 Å². The van der Waals surface area contributed by atoms with E-state index in [1.807, 2.05) is 31.2 Å². The Morgan fingerprint density at radius 2 is 1.92 bits per heavy atom. The number of aliphatic imine (C=N–C) groups is 1. The fourth-order valence-corrected chi connectivity index (χ4v) is 2.88. The van der Waals surface area contributed by atoms with E-state index < -0.39 is 10.0 Å². The van der Waals surface area contributed by atoms with Gasteiger partial charge < -0.3 is 15.1 Å². The number of nitrogens with zero attached hydrogens (tertiary/aromatic N) is 1. The first-order chi connectivity index (χ1) is 11.5. The molecule has 0 radical (unpaired) electrons. The zero-order chi connectivity index (χ0) is 17.6. The molecular formula is C16H25IN4O3S. The van der Waals surface area contributed by atoms with Gasteiger partial charge in [0.25, 0.3) is 0 Å². The third kappa shape index (κ3) is 6.15. The summed E-state index contributed by atoms with van der Waals surface area (Å²) in [5.41, 5.74) is 1.97. The smallest absolute Gasteiger partial charge is 0.211 e. The summed E-state index contributed by atoms with van der Waals surface area (Å²) >= 11 is 0. The molecule has 0 aliphatic carbocycles. The quantitative estimate of drug-likeness (QED) is 0.244. The molecule has 0 atom stereocenters. The van der Waals surface area contributed by atoms with Gasteiger partial charge in [-0.1, -0.05) is 18.2 Å². The van der Waals surface area contributed by atoms with Crippen molar-refractivity contribution in [2.75, 3.05) is 25.9 Å². The second kappa shape index (κ2) is 9.97. The van der Waals surface area contributed by atoms with Crippen LogP contribution >= 0.6 is 24.0 Å². The Balaban J connectivity index is 0.00000312. The molecule has 0 fully saturated rings. The van der Waals surface area contributed by atoms with Crippen LogP contribution in [-0.4, -0.2) is 40.3 Å². The molecule has 0 unspecified atom stereocenters. The summed E-state index contributed by atoms with van der Waals surface area (Å²) < 4.78 is 31.0. The van der Waals surface area contributed by atoms with Gasteiger partial charge in [-0.3, -0.25) is 4.99 Å². The van der Waals surface area contributed by atoms with Crippen molar-refractivity contribution in [3.05, 3.63) is 35.6 Å². The standard InChI is InChI=1S/C16H24N4O3S.HI/c1-4-24(21,22)20-10-9-18-16(17-3)19-11-15-12(2)13-7-5-6-8-14(13)23-15;/h5-8,20H,4,9-11H2,1-3H3,(H2,17,18,19);1H. The van der Waals surface area contributed by atoms with Crippen LogP contribution in [0.1, 0.15) is 18.2 Å². The van der Waals surface area contributed by atoms with Gasteiger partial charge >= 0.3 is 0 Å². The number of rotatable bonds is 7. The number of hydrogen-bond acceptors (Lipinski definition) is 4. The average Bonchev–Trinajstić information content (AvgIpc) is 2.91. The Morgan fingerprint density at radius 3 is 2.56 bits per heavy atom. The van der Waals surface area contributed by atoms with Crippen LogP contribution in [0, 0.1) is 6.92 Å². The lowest BCUT2D eigenvalue weighted by atomic mass is 10.1. The number of guanidine groups is 1. The van der Waals surface area contributed by atoms with E-state index in [1.54, 1.807) is 14.0 Å². The maximum atomic E-state index is 11.3. The first-order valence-electron chi connectivity index (χ1n) is 7.85. The molecule has 25 heavy (non-hydrogen) atoms. The molecule has 0 amide bonds. The van der Waals surface area contributed by atoms with Gasteiger partial charge in [0.2, 0.25) is 10.0 Å². The molecule has 1 aromatic heterocycles. The molecule has 0 aliphatic rings. The molecular weight excluding hydrogens is 455 g/mol. The SMILES string of the molecule is CCS(=O)(=O)NCCNC(=NC)NCc1oc2ccccc2c1C.I. The van der Waals surface area contributed by atoms with E-state index in [1.165, 1.54) is 0 Å². The summed E-state index contributed by atoms with van der Waals surface area (Å²) in [5.74, 6) is 1.52. The molecule has 0 saturated heterocycles. The van der Waals surface area contributed by atoms with Crippen molar-refractivity contribution in [1.82, 2.24) is 15.4 Å². The van der Waals surface area contributed by atoms with Crippen molar-refractivity contribution in [2.45, 2.75) is 20.4 Å². The van der Waals surface area contributed by atoms with E-state index >= 15 is 0 Å². The first kappa shape index (κ1) is 21.7. The van der Waals surface area contributed by atoms with Crippen LogP contribution in [0.15, 0.2) is 33.7 Å². The van der Waals surface area contributed by atoms with Crippen molar-refractivity contribution >= 4 is 50.9 Å². The zero-order valence-electron chi connectivity index (χ0n) is 14.6. The lowest BCUT2D eigenvalue weighted by molar-refractivity contribution is 0.534. The Bertz CT molecular complexity index is 818. The highest BCUT2D eigenvalue weighted by molar-refractivity contribution is 14.0. The van der Waals surface area contributed by atoms with Crippen LogP contribution < -0.4 is 15.4 Å². The second-order valence-electron chi connectivity index (χ2n) is 5.30. The van der Waals surface area contributed by atoms with Crippen molar-refractivity contribution in [2.24, 2.45) is 4.99 Å². The minimum Gasteiger partial charge on any atom is -0.459 e. The summed E-state index contributed by atoms with van der Waals surface area (Å²) in [6, 6.07) is 7.91. The van der Waals surface area contributed by atoms with Crippen LogP contribution in [-0.2, 0) is 16.6 Å². The lowest BCUT2D eigenvalue weighted by Gasteiger charge is -2.11. The van der Waals surface area contributed by atoms with Crippen molar-refractivity contribution < 1.29 is 12.8 Å². The zero-order valence-corrected chi connectivity index (χ0v) is 17.8. The maximum absolute atomic E-state index is 11.3. The third-order valence-electron chi connectivity index (χ3n) is 3.70. The number of fused-ring (bicyclic) bond motifs is 1. The first-order valence-corrected chi connectivity index (χ1v) is 9.51. The summed E-state index contributed by atoms with van der Waals surface area (Å²) in [7, 11) is -1.50. The van der Waals surface area contributed by atoms with Crippen molar-refractivity contribution in [3.8, 4) is 0 Å². The predicted octanol–water partition coefficient (Wildman–Crippen LogP) is 1.96. The molecule has 0 aliphatic heterocycles. The molecule has 7 nitrogen and oxygen atoms in total. The van der Waals surface area contributed by atoms with E-state index in [0.29, 0.717) is 25.6 Å². The van der Waals surface area contributed by atoms with Crippen molar-refractivity contribution in [1.29, 1.82) is 0 Å². The fraction of sp³-hybridized carbons (Fsp3) is 0.438. The number of furan rings is 1. The maximum Gasteiger partial charge on any atom is 0.211 e. The minimum atomic E-state index is -3.17. The number of aryl methyl sites for hydroxylation is 1. The molecule has 0 bridgehead atoms. The molecule has 2 rings (SSSR count). The molecule has 1 heterocycles. The lowest BCUT2D eigenvalue weighted by Crippen LogP contribution is -2.41. The van der Waals surface area contributed by atoms with E-state index in [9.17, 15) is 8.42 Å². The van der Waals surface area contributed by atoms with E-state index in [4.69, 9.17) is 4.42 Å². The van der Waals surface area contributed by atoms with E-state index in [-0.39, 0.29) is 29.7 Å². The average molecular weight is 480 g/mol. The normalized spacial score (nSPS) is 12.0. The van der Waals surface area contributed by atoms with Crippen LogP contribution in [0.2, 0.25) is 0 Å². The highest BCUT2D eigenvalue weighted by atomic mass is 127. The largest absolute Gasteiger partial charge is 0.459 e. The summed E-state index contributed by atoms with van der Waals surface area (Å²) in [6.07, 6.45) is 0. The Hall–Kier alpha value is -1.33. The van der Waals surface area contributed by atoms with Crippen LogP contribution in [0.4, 0.5) is 0 Å². The van der Waals surface area contributed by atoms with Gasteiger partial charge in [0.1, 0.15) is 11.3 Å². The predicted molar refractivity (Wildman–Crippen MR) is 112 cm³/mol. The number of halogens is 1. The van der Waals surface area contributed by atoms with Crippen LogP contribution in [0.5, 0.6) is 0 Å². The van der Waals surface area contributed by atoms with E-state index in [0.717, 1.165) is 22.3 Å². The molecule has 2 aromatic rings.